The van der Waals surface area contributed by atoms with Crippen LogP contribution in [0.4, 0.5) is 0 Å². The number of hydrogen-bond acceptors (Lipinski definition) is 8. The number of benzene rings is 2. The van der Waals surface area contributed by atoms with Crippen LogP contribution in [0.5, 0.6) is 17.2 Å². The molecule has 3 aliphatic rings. The molecule has 2 atom stereocenters. The number of methoxy groups -OCH3 is 1. The maximum absolute atomic E-state index is 13.6. The lowest BCUT2D eigenvalue weighted by Crippen LogP contribution is -2.39. The first kappa shape index (κ1) is 29.9. The molecule has 0 unspecified atom stereocenters. The summed E-state index contributed by atoms with van der Waals surface area (Å²) in [6.45, 7) is 11.1. The van der Waals surface area contributed by atoms with Gasteiger partial charge < -0.3 is 29.0 Å². The van der Waals surface area contributed by atoms with E-state index in [1.54, 1.807) is 18.1 Å². The summed E-state index contributed by atoms with van der Waals surface area (Å²) >= 11 is 0. The van der Waals surface area contributed by atoms with Crippen LogP contribution in [-0.2, 0) is 20.7 Å². The van der Waals surface area contributed by atoms with Crippen LogP contribution in [0.1, 0.15) is 56.3 Å². The highest BCUT2D eigenvalue weighted by Gasteiger charge is 2.46. The second-order valence-electron chi connectivity index (χ2n) is 11.7. The van der Waals surface area contributed by atoms with Gasteiger partial charge in [-0.3, -0.25) is 14.5 Å². The number of morpholine rings is 1. The summed E-state index contributed by atoms with van der Waals surface area (Å²) < 4.78 is 22.9. The van der Waals surface area contributed by atoms with Gasteiger partial charge in [-0.05, 0) is 67.1 Å². The molecule has 0 aromatic heterocycles. The zero-order chi connectivity index (χ0) is 29.8. The van der Waals surface area contributed by atoms with Crippen molar-refractivity contribution in [2.75, 3.05) is 53.1 Å². The molecule has 3 heterocycles. The first-order valence-corrected chi connectivity index (χ1v) is 15.0. The number of fused-ring (bicyclic) bond motifs is 1. The normalized spacial score (nSPS) is 22.0. The minimum Gasteiger partial charge on any atom is -0.507 e. The largest absolute Gasteiger partial charge is 0.507 e. The molecule has 0 radical (unpaired) electrons. The molecule has 2 aromatic carbocycles. The fourth-order valence-corrected chi connectivity index (χ4v) is 5.85. The van der Waals surface area contributed by atoms with Gasteiger partial charge in [0, 0.05) is 38.2 Å². The monoisotopic (exact) mass is 578 g/mol. The summed E-state index contributed by atoms with van der Waals surface area (Å²) in [4.78, 5) is 31.0. The third-order valence-electron chi connectivity index (χ3n) is 8.14. The Labute approximate surface area is 248 Å². The first-order valence-electron chi connectivity index (χ1n) is 15.0. The van der Waals surface area contributed by atoms with E-state index >= 15 is 0 Å². The molecule has 2 saturated heterocycles. The number of rotatable bonds is 11. The number of ketones is 1. The number of amides is 1. The molecule has 1 amide bonds. The lowest BCUT2D eigenvalue weighted by atomic mass is 9.94. The maximum atomic E-state index is 13.6. The van der Waals surface area contributed by atoms with Crippen molar-refractivity contribution in [1.29, 1.82) is 0 Å². The van der Waals surface area contributed by atoms with E-state index in [1.807, 2.05) is 37.3 Å². The highest BCUT2D eigenvalue weighted by atomic mass is 16.5. The molecule has 0 bridgehead atoms. The van der Waals surface area contributed by atoms with Gasteiger partial charge in [-0.2, -0.15) is 0 Å². The van der Waals surface area contributed by atoms with Gasteiger partial charge in [-0.15, -0.1) is 0 Å². The van der Waals surface area contributed by atoms with Gasteiger partial charge in [-0.25, -0.2) is 0 Å². The summed E-state index contributed by atoms with van der Waals surface area (Å²) in [6.07, 6.45) is 2.35. The van der Waals surface area contributed by atoms with Gasteiger partial charge in [0.1, 0.15) is 17.6 Å². The predicted octanol–water partition coefficient (Wildman–Crippen LogP) is 4.59. The van der Waals surface area contributed by atoms with Gasteiger partial charge >= 0.3 is 0 Å². The maximum Gasteiger partial charge on any atom is 0.295 e. The molecule has 9 nitrogen and oxygen atoms in total. The average Bonchev–Trinajstić information content (AvgIpc) is 3.48. The van der Waals surface area contributed by atoms with Gasteiger partial charge in [0.2, 0.25) is 0 Å². The Kier molecular flexibility index (Phi) is 9.38. The second kappa shape index (κ2) is 13.2. The number of hydrogen-bond donors (Lipinski definition) is 1. The zero-order valence-corrected chi connectivity index (χ0v) is 25.1. The van der Waals surface area contributed by atoms with Crippen LogP contribution in [0.15, 0.2) is 42.0 Å². The molecule has 3 aliphatic heterocycles. The van der Waals surface area contributed by atoms with E-state index in [0.29, 0.717) is 67.8 Å². The SMILES string of the molecule is COc1cc([C@@H]2C(=C(O)c3ccc4c(c3)C[C@@H](C)O4)C(=O)C(=O)N2CCCN2CCOCC2)ccc1OCCC(C)C. The van der Waals surface area contributed by atoms with Gasteiger partial charge in [0.25, 0.3) is 11.7 Å². The quantitative estimate of drug-likeness (QED) is 0.235. The van der Waals surface area contributed by atoms with Crippen molar-refractivity contribution < 1.29 is 33.6 Å². The molecule has 5 rings (SSSR count). The van der Waals surface area contributed by atoms with E-state index in [1.165, 1.54) is 0 Å². The summed E-state index contributed by atoms with van der Waals surface area (Å²) in [5.41, 5.74) is 2.21. The minimum atomic E-state index is -0.767. The molecule has 0 spiro atoms. The predicted molar refractivity (Wildman–Crippen MR) is 159 cm³/mol. The van der Waals surface area contributed by atoms with Crippen molar-refractivity contribution in [2.45, 2.75) is 52.2 Å². The fourth-order valence-electron chi connectivity index (χ4n) is 5.85. The van der Waals surface area contributed by atoms with Crippen LogP contribution in [-0.4, -0.2) is 85.8 Å². The Bertz CT molecular complexity index is 1330. The highest BCUT2D eigenvalue weighted by Crippen LogP contribution is 2.43. The van der Waals surface area contributed by atoms with E-state index < -0.39 is 17.7 Å². The van der Waals surface area contributed by atoms with Crippen LogP contribution in [0, 0.1) is 5.92 Å². The van der Waals surface area contributed by atoms with Crippen LogP contribution in [0.2, 0.25) is 0 Å². The number of likely N-dealkylation sites (tertiary alicyclic amines) is 1. The van der Waals surface area contributed by atoms with Crippen molar-refractivity contribution >= 4 is 17.4 Å². The van der Waals surface area contributed by atoms with E-state index in [-0.39, 0.29) is 17.4 Å². The standard InChI is InChI=1S/C33H42N2O7/c1-21(2)10-15-41-27-9-6-23(20-28(27)39-4)30-29(31(36)24-7-8-26-25(19-24)18-22(3)42-26)32(37)33(38)35(30)12-5-11-34-13-16-40-17-14-34/h6-9,19-22,30,36H,5,10-18H2,1-4H3/t22-,30-/m1/s1. The van der Waals surface area contributed by atoms with Crippen molar-refractivity contribution in [1.82, 2.24) is 9.80 Å². The summed E-state index contributed by atoms with van der Waals surface area (Å²) in [6, 6.07) is 10.1. The third-order valence-corrected chi connectivity index (χ3v) is 8.14. The number of ether oxygens (including phenoxy) is 4. The van der Waals surface area contributed by atoms with Gasteiger partial charge in [0.05, 0.1) is 38.5 Å². The molecule has 2 fully saturated rings. The number of carbonyl (C=O) groups is 2. The molecule has 9 heteroatoms. The lowest BCUT2D eigenvalue weighted by Gasteiger charge is -2.29. The second-order valence-corrected chi connectivity index (χ2v) is 11.7. The topological polar surface area (TPSA) is 97.8 Å². The van der Waals surface area contributed by atoms with Crippen LogP contribution in [0.3, 0.4) is 0 Å². The molecular weight excluding hydrogens is 536 g/mol. The molecule has 1 N–H and O–H groups in total. The molecular formula is C33H42N2O7. The Morgan fingerprint density at radius 1 is 1.07 bits per heavy atom. The number of Topliss-reactive ketones (excluding diaryl/α,β-unsaturated/α-hetero) is 1. The highest BCUT2D eigenvalue weighted by molar-refractivity contribution is 6.46. The molecule has 0 aliphatic carbocycles. The average molecular weight is 579 g/mol. The Morgan fingerprint density at radius 2 is 1.86 bits per heavy atom. The first-order chi connectivity index (χ1) is 20.3. The minimum absolute atomic E-state index is 0.0446. The van der Waals surface area contributed by atoms with Crippen LogP contribution < -0.4 is 14.2 Å². The molecule has 42 heavy (non-hydrogen) atoms. The number of aliphatic hydroxyl groups is 1. The van der Waals surface area contributed by atoms with Crippen molar-refractivity contribution in [3.63, 3.8) is 0 Å². The molecule has 226 valence electrons. The van der Waals surface area contributed by atoms with Crippen molar-refractivity contribution in [2.24, 2.45) is 5.92 Å². The molecule has 0 saturated carbocycles. The van der Waals surface area contributed by atoms with E-state index in [2.05, 4.69) is 18.7 Å². The van der Waals surface area contributed by atoms with Crippen LogP contribution >= 0.6 is 0 Å². The number of aliphatic hydroxyl groups excluding tert-OH is 1. The Morgan fingerprint density at radius 3 is 2.60 bits per heavy atom. The summed E-state index contributed by atoms with van der Waals surface area (Å²) in [7, 11) is 1.57. The van der Waals surface area contributed by atoms with Gasteiger partial charge in [0.15, 0.2) is 11.5 Å². The summed E-state index contributed by atoms with van der Waals surface area (Å²) in [5.74, 6) is 0.895. The Hall–Kier alpha value is -3.56. The smallest absolute Gasteiger partial charge is 0.295 e. The van der Waals surface area contributed by atoms with E-state index in [4.69, 9.17) is 18.9 Å². The van der Waals surface area contributed by atoms with E-state index in [0.717, 1.165) is 37.4 Å². The lowest BCUT2D eigenvalue weighted by molar-refractivity contribution is -0.140. The molecule has 2 aromatic rings. The van der Waals surface area contributed by atoms with Crippen LogP contribution in [0.25, 0.3) is 5.76 Å². The summed E-state index contributed by atoms with van der Waals surface area (Å²) in [5, 5.41) is 11.6. The Balaban J connectivity index is 1.49. The number of nitrogens with zero attached hydrogens (tertiary/aromatic N) is 2. The zero-order valence-electron chi connectivity index (χ0n) is 25.1. The van der Waals surface area contributed by atoms with Crippen molar-refractivity contribution in [3.8, 4) is 17.2 Å². The van der Waals surface area contributed by atoms with E-state index in [9.17, 15) is 14.7 Å². The fraction of sp³-hybridized carbons (Fsp3) is 0.515. The van der Waals surface area contributed by atoms with Crippen molar-refractivity contribution in [3.05, 3.63) is 58.7 Å². The third kappa shape index (κ3) is 6.42. The van der Waals surface area contributed by atoms with Gasteiger partial charge in [-0.1, -0.05) is 19.9 Å². The number of carbonyl (C=O) groups excluding carboxylic acids is 2.